The van der Waals surface area contributed by atoms with Crippen molar-refractivity contribution in [3.05, 3.63) is 109 Å². The highest BCUT2D eigenvalue weighted by Crippen LogP contribution is 2.45. The number of fused-ring (bicyclic) bond motifs is 1. The molecule has 160 valence electrons. The molecule has 3 aromatic rings. The van der Waals surface area contributed by atoms with Crippen LogP contribution in [0.4, 0.5) is 17.2 Å². The number of nitro groups is 1. The van der Waals surface area contributed by atoms with Gasteiger partial charge in [-0.1, -0.05) is 29.8 Å². The molecule has 0 saturated carbocycles. The minimum atomic E-state index is -0.621. The zero-order chi connectivity index (χ0) is 23.2. The maximum absolute atomic E-state index is 13.3. The molecule has 2 heterocycles. The summed E-state index contributed by atoms with van der Waals surface area (Å²) in [6, 6.07) is 17.3. The zero-order valence-corrected chi connectivity index (χ0v) is 17.9. The van der Waals surface area contributed by atoms with Gasteiger partial charge < -0.3 is 10.3 Å². The Morgan fingerprint density at radius 3 is 2.28 bits per heavy atom. The monoisotopic (exact) mass is 427 g/mol. The van der Waals surface area contributed by atoms with Crippen LogP contribution in [0.5, 0.6) is 0 Å². The van der Waals surface area contributed by atoms with Crippen LogP contribution in [0.3, 0.4) is 0 Å². The lowest BCUT2D eigenvalue weighted by Gasteiger charge is -2.37. The van der Waals surface area contributed by atoms with Gasteiger partial charge in [-0.25, -0.2) is 0 Å². The number of non-ortho nitro benzene ring substituents is 1. The van der Waals surface area contributed by atoms with E-state index in [9.17, 15) is 20.2 Å². The molecule has 1 atom stereocenters. The Balaban J connectivity index is 2.05. The second-order valence-corrected chi connectivity index (χ2v) is 7.81. The predicted molar refractivity (Wildman–Crippen MR) is 122 cm³/mol. The van der Waals surface area contributed by atoms with Crippen LogP contribution in [0.15, 0.2) is 70.8 Å². The third kappa shape index (κ3) is 3.20. The Labute approximate surface area is 184 Å². The quantitative estimate of drug-likeness (QED) is 0.500. The predicted octanol–water partition coefficient (Wildman–Crippen LogP) is 3.89. The highest BCUT2D eigenvalue weighted by molar-refractivity contribution is 5.76. The number of nitro benzene ring substituents is 1. The Morgan fingerprint density at radius 2 is 1.72 bits per heavy atom. The molecule has 0 radical (unpaired) electrons. The van der Waals surface area contributed by atoms with E-state index in [0.29, 0.717) is 17.1 Å². The van der Waals surface area contributed by atoms with E-state index < -0.39 is 10.8 Å². The van der Waals surface area contributed by atoms with Gasteiger partial charge in [0.2, 0.25) is 0 Å². The van der Waals surface area contributed by atoms with Gasteiger partial charge in [-0.15, -0.1) is 0 Å². The summed E-state index contributed by atoms with van der Waals surface area (Å²) >= 11 is 0. The summed E-state index contributed by atoms with van der Waals surface area (Å²) in [5, 5.41) is 21.1. The molecule has 8 heteroatoms. The topological polar surface area (TPSA) is 118 Å². The Hall–Kier alpha value is -4.38. The van der Waals surface area contributed by atoms with Gasteiger partial charge in [-0.2, -0.15) is 5.26 Å². The normalized spacial score (nSPS) is 15.3. The van der Waals surface area contributed by atoms with Crippen molar-refractivity contribution in [1.82, 2.24) is 4.57 Å². The molecule has 0 saturated heterocycles. The van der Waals surface area contributed by atoms with Crippen LogP contribution in [-0.2, 0) is 7.05 Å². The molecular weight excluding hydrogens is 406 g/mol. The van der Waals surface area contributed by atoms with Gasteiger partial charge in [-0.3, -0.25) is 19.8 Å². The van der Waals surface area contributed by atoms with Crippen LogP contribution in [0, 0.1) is 35.3 Å². The highest BCUT2D eigenvalue weighted by Gasteiger charge is 2.37. The van der Waals surface area contributed by atoms with Gasteiger partial charge in [0, 0.05) is 36.6 Å². The molecule has 1 unspecified atom stereocenters. The number of aryl methyl sites for hydroxylation is 2. The van der Waals surface area contributed by atoms with Crippen molar-refractivity contribution in [2.45, 2.75) is 19.8 Å². The average Bonchev–Trinajstić information content (AvgIpc) is 2.77. The molecule has 0 spiro atoms. The number of pyridine rings is 1. The largest absolute Gasteiger partial charge is 0.384 e. The zero-order valence-electron chi connectivity index (χ0n) is 17.9. The van der Waals surface area contributed by atoms with Gasteiger partial charge in [0.25, 0.3) is 5.69 Å². The van der Waals surface area contributed by atoms with Crippen LogP contribution in [0.1, 0.15) is 28.3 Å². The number of hydrogen-bond acceptors (Lipinski definition) is 6. The molecule has 2 N–H and O–H groups in total. The molecule has 1 aliphatic rings. The first-order valence-electron chi connectivity index (χ1n) is 9.96. The lowest BCUT2D eigenvalue weighted by molar-refractivity contribution is -0.384. The van der Waals surface area contributed by atoms with Crippen molar-refractivity contribution >= 4 is 17.2 Å². The van der Waals surface area contributed by atoms with E-state index in [4.69, 9.17) is 5.73 Å². The molecule has 32 heavy (non-hydrogen) atoms. The standard InChI is InChI=1S/C24H21N5O3/c1-14-4-6-16(7-5-14)21-19(13-25)23(26)28(17-8-10-18(11-9-17)29(31)32)24-22(21)20(30)12-15(2)27(24)3/h4-12,21H,26H2,1-3H3. The molecule has 0 amide bonds. The van der Waals surface area contributed by atoms with E-state index in [1.807, 2.05) is 49.7 Å². The van der Waals surface area contributed by atoms with Gasteiger partial charge in [0.1, 0.15) is 11.6 Å². The fourth-order valence-corrected chi connectivity index (χ4v) is 4.09. The summed E-state index contributed by atoms with van der Waals surface area (Å²) in [6.45, 7) is 3.78. The number of anilines is 2. The Kier molecular flexibility index (Phi) is 5.03. The first kappa shape index (κ1) is 20.9. The number of allylic oxidation sites excluding steroid dienone is 1. The minimum absolute atomic E-state index is 0.0651. The van der Waals surface area contributed by atoms with E-state index >= 15 is 0 Å². The molecule has 8 nitrogen and oxygen atoms in total. The SMILES string of the molecule is Cc1ccc(C2C(C#N)=C(N)N(c3ccc([N+](=O)[O-])cc3)c3c2c(=O)cc(C)n3C)cc1. The summed E-state index contributed by atoms with van der Waals surface area (Å²) in [5.41, 5.74) is 10.0. The van der Waals surface area contributed by atoms with E-state index in [1.165, 1.54) is 12.1 Å². The number of rotatable bonds is 3. The van der Waals surface area contributed by atoms with Crippen molar-refractivity contribution in [2.24, 2.45) is 12.8 Å². The minimum Gasteiger partial charge on any atom is -0.384 e. The fraction of sp³-hybridized carbons (Fsp3) is 0.167. The van der Waals surface area contributed by atoms with Crippen LogP contribution in [0.25, 0.3) is 0 Å². The number of nitriles is 1. The summed E-state index contributed by atoms with van der Waals surface area (Å²) in [5.74, 6) is 0.0927. The number of aromatic nitrogens is 1. The molecule has 2 aromatic carbocycles. The van der Waals surface area contributed by atoms with E-state index in [-0.39, 0.29) is 22.5 Å². The summed E-state index contributed by atoms with van der Waals surface area (Å²) in [7, 11) is 1.82. The van der Waals surface area contributed by atoms with Crippen LogP contribution < -0.4 is 16.1 Å². The Morgan fingerprint density at radius 1 is 1.09 bits per heavy atom. The lowest BCUT2D eigenvalue weighted by atomic mass is 9.82. The first-order chi connectivity index (χ1) is 15.2. The van der Waals surface area contributed by atoms with E-state index in [1.54, 1.807) is 23.1 Å². The second kappa shape index (κ2) is 7.71. The maximum Gasteiger partial charge on any atom is 0.269 e. The third-order valence-corrected chi connectivity index (χ3v) is 5.85. The molecular formula is C24H21N5O3. The van der Waals surface area contributed by atoms with E-state index in [0.717, 1.165) is 16.8 Å². The first-order valence-corrected chi connectivity index (χ1v) is 9.96. The van der Waals surface area contributed by atoms with Crippen LogP contribution in [0.2, 0.25) is 0 Å². The van der Waals surface area contributed by atoms with Crippen molar-refractivity contribution in [1.29, 1.82) is 5.26 Å². The average molecular weight is 427 g/mol. The third-order valence-electron chi connectivity index (χ3n) is 5.85. The molecule has 1 aromatic heterocycles. The Bertz CT molecular complexity index is 1360. The summed E-state index contributed by atoms with van der Waals surface area (Å²) in [6.07, 6.45) is 0. The maximum atomic E-state index is 13.3. The van der Waals surface area contributed by atoms with Crippen molar-refractivity contribution < 1.29 is 4.92 Å². The second-order valence-electron chi connectivity index (χ2n) is 7.81. The van der Waals surface area contributed by atoms with Crippen molar-refractivity contribution in [3.63, 3.8) is 0 Å². The highest BCUT2D eigenvalue weighted by atomic mass is 16.6. The summed E-state index contributed by atoms with van der Waals surface area (Å²) in [4.78, 5) is 25.5. The van der Waals surface area contributed by atoms with Crippen LogP contribution >= 0.6 is 0 Å². The molecule has 0 aliphatic carbocycles. The van der Waals surface area contributed by atoms with Crippen LogP contribution in [-0.4, -0.2) is 9.49 Å². The molecule has 1 aliphatic heterocycles. The molecule has 0 fully saturated rings. The van der Waals surface area contributed by atoms with Crippen molar-refractivity contribution in [3.8, 4) is 6.07 Å². The number of benzene rings is 2. The molecule has 4 rings (SSSR count). The summed E-state index contributed by atoms with van der Waals surface area (Å²) < 4.78 is 1.85. The fourth-order valence-electron chi connectivity index (χ4n) is 4.09. The van der Waals surface area contributed by atoms with Crippen molar-refractivity contribution in [2.75, 3.05) is 4.90 Å². The lowest BCUT2D eigenvalue weighted by Crippen LogP contribution is -2.37. The van der Waals surface area contributed by atoms with Gasteiger partial charge >= 0.3 is 0 Å². The number of hydrogen-bond donors (Lipinski definition) is 1. The van der Waals surface area contributed by atoms with Gasteiger partial charge in [0.05, 0.1) is 28.0 Å². The number of nitrogens with two attached hydrogens (primary N) is 1. The van der Waals surface area contributed by atoms with Gasteiger partial charge in [0.15, 0.2) is 5.43 Å². The smallest absolute Gasteiger partial charge is 0.269 e. The van der Waals surface area contributed by atoms with Gasteiger partial charge in [-0.05, 0) is 31.5 Å². The van der Waals surface area contributed by atoms with E-state index in [2.05, 4.69) is 6.07 Å². The number of nitrogens with zero attached hydrogens (tertiary/aromatic N) is 4. The molecule has 0 bridgehead atoms.